The normalized spacial score (nSPS) is 11.0. The highest BCUT2D eigenvalue weighted by Gasteiger charge is 2.01. The monoisotopic (exact) mass is 323 g/mol. The fraction of sp³-hybridized carbons (Fsp3) is 0.111. The first-order chi connectivity index (χ1) is 11.3. The van der Waals surface area contributed by atoms with Crippen molar-refractivity contribution in [3.8, 4) is 11.1 Å². The van der Waals surface area contributed by atoms with E-state index in [-0.39, 0.29) is 5.91 Å². The van der Waals surface area contributed by atoms with Crippen LogP contribution in [-0.4, -0.2) is 22.2 Å². The fourth-order valence-corrected chi connectivity index (χ4v) is 2.78. The Morgan fingerprint density at radius 3 is 2.83 bits per heavy atom. The molecular weight excluding hydrogens is 306 g/mol. The molecule has 2 aromatic heterocycles. The second kappa shape index (κ2) is 7.56. The van der Waals surface area contributed by atoms with Gasteiger partial charge in [0.2, 0.25) is 5.91 Å². The van der Waals surface area contributed by atoms with E-state index in [2.05, 4.69) is 22.5 Å². The molecule has 0 aliphatic heterocycles. The van der Waals surface area contributed by atoms with Gasteiger partial charge in [0.25, 0.3) is 0 Å². The molecule has 0 fully saturated rings. The number of thiophene rings is 1. The molecule has 1 N–H and O–H groups in total. The van der Waals surface area contributed by atoms with Crippen molar-refractivity contribution in [3.63, 3.8) is 0 Å². The zero-order chi connectivity index (χ0) is 15.9. The Morgan fingerprint density at radius 1 is 1.17 bits per heavy atom. The van der Waals surface area contributed by atoms with Crippen LogP contribution in [0.4, 0.5) is 0 Å². The third-order valence-electron chi connectivity index (χ3n) is 3.32. The maximum Gasteiger partial charge on any atom is 0.244 e. The Balaban J connectivity index is 1.48. The Kier molecular flexibility index (Phi) is 5.01. The van der Waals surface area contributed by atoms with Crippen molar-refractivity contribution in [1.82, 2.24) is 15.1 Å². The Bertz CT molecular complexity index is 776. The number of amides is 1. The predicted molar refractivity (Wildman–Crippen MR) is 94.0 cm³/mol. The van der Waals surface area contributed by atoms with Crippen molar-refractivity contribution in [3.05, 3.63) is 71.2 Å². The summed E-state index contributed by atoms with van der Waals surface area (Å²) in [6.45, 7) is 1.19. The molecule has 2 heterocycles. The lowest BCUT2D eigenvalue weighted by Gasteiger charge is -2.02. The summed E-state index contributed by atoms with van der Waals surface area (Å²) in [6.07, 6.45) is 7.21. The summed E-state index contributed by atoms with van der Waals surface area (Å²) in [7, 11) is 0. The summed E-state index contributed by atoms with van der Waals surface area (Å²) in [5.74, 6) is -0.0890. The Hall–Kier alpha value is -2.66. The van der Waals surface area contributed by atoms with E-state index in [4.69, 9.17) is 0 Å². The van der Waals surface area contributed by atoms with Gasteiger partial charge in [-0.2, -0.15) is 5.10 Å². The van der Waals surface area contributed by atoms with E-state index >= 15 is 0 Å². The topological polar surface area (TPSA) is 46.9 Å². The minimum absolute atomic E-state index is 0.0890. The van der Waals surface area contributed by atoms with Crippen LogP contribution >= 0.6 is 11.3 Å². The molecule has 0 aliphatic rings. The molecule has 1 amide bonds. The van der Waals surface area contributed by atoms with Crippen LogP contribution < -0.4 is 5.32 Å². The molecule has 116 valence electrons. The van der Waals surface area contributed by atoms with Gasteiger partial charge in [0, 0.05) is 29.3 Å². The van der Waals surface area contributed by atoms with Gasteiger partial charge in [-0.05, 0) is 23.1 Å². The van der Waals surface area contributed by atoms with E-state index < -0.39 is 0 Å². The maximum atomic E-state index is 11.7. The van der Waals surface area contributed by atoms with Crippen LogP contribution in [0.1, 0.15) is 4.88 Å². The molecule has 0 saturated heterocycles. The number of aromatic nitrogens is 2. The minimum Gasteiger partial charge on any atom is -0.351 e. The van der Waals surface area contributed by atoms with Crippen molar-refractivity contribution in [2.24, 2.45) is 0 Å². The van der Waals surface area contributed by atoms with Crippen LogP contribution in [0.2, 0.25) is 0 Å². The molecule has 3 rings (SSSR count). The van der Waals surface area contributed by atoms with Crippen molar-refractivity contribution >= 4 is 23.3 Å². The van der Waals surface area contributed by atoms with E-state index in [0.717, 1.165) is 16.0 Å². The number of carbonyl (C=O) groups is 1. The van der Waals surface area contributed by atoms with Crippen LogP contribution in [0.5, 0.6) is 0 Å². The van der Waals surface area contributed by atoms with Crippen LogP contribution in [0.3, 0.4) is 0 Å². The average molecular weight is 323 g/mol. The zero-order valence-corrected chi connectivity index (χ0v) is 13.4. The molecule has 0 saturated carbocycles. The van der Waals surface area contributed by atoms with Crippen molar-refractivity contribution in [2.45, 2.75) is 6.54 Å². The summed E-state index contributed by atoms with van der Waals surface area (Å²) in [4.78, 5) is 12.8. The third-order valence-corrected chi connectivity index (χ3v) is 4.16. The molecule has 0 unspecified atom stereocenters. The number of hydrogen-bond donors (Lipinski definition) is 1. The quantitative estimate of drug-likeness (QED) is 0.706. The van der Waals surface area contributed by atoms with E-state index in [1.807, 2.05) is 58.9 Å². The minimum atomic E-state index is -0.0890. The smallest absolute Gasteiger partial charge is 0.244 e. The van der Waals surface area contributed by atoms with Gasteiger partial charge in [-0.15, -0.1) is 11.3 Å². The first-order valence-electron chi connectivity index (χ1n) is 7.38. The molecule has 0 aliphatic carbocycles. The van der Waals surface area contributed by atoms with Gasteiger partial charge in [0.05, 0.1) is 12.7 Å². The van der Waals surface area contributed by atoms with Gasteiger partial charge in [0.1, 0.15) is 0 Å². The van der Waals surface area contributed by atoms with Crippen LogP contribution in [0, 0.1) is 0 Å². The lowest BCUT2D eigenvalue weighted by Crippen LogP contribution is -2.25. The molecule has 1 aromatic carbocycles. The van der Waals surface area contributed by atoms with Crippen LogP contribution in [0.25, 0.3) is 17.2 Å². The lowest BCUT2D eigenvalue weighted by atomic mass is 10.1. The molecule has 23 heavy (non-hydrogen) atoms. The molecule has 3 aromatic rings. The van der Waals surface area contributed by atoms with Gasteiger partial charge in [-0.25, -0.2) is 0 Å². The van der Waals surface area contributed by atoms with Crippen molar-refractivity contribution < 1.29 is 4.79 Å². The summed E-state index contributed by atoms with van der Waals surface area (Å²) in [5, 5.41) is 9.17. The molecular formula is C18H17N3OS. The SMILES string of the molecule is O=C(C=Cc1cccs1)NCCn1cc(-c2ccccc2)cn1. The van der Waals surface area contributed by atoms with E-state index in [0.29, 0.717) is 13.1 Å². The molecule has 0 atom stereocenters. The predicted octanol–water partition coefficient (Wildman–Crippen LogP) is 3.44. The molecule has 0 spiro atoms. The lowest BCUT2D eigenvalue weighted by molar-refractivity contribution is -0.116. The van der Waals surface area contributed by atoms with Gasteiger partial charge < -0.3 is 5.32 Å². The number of nitrogens with one attached hydrogen (secondary N) is 1. The second-order valence-corrected chi connectivity index (χ2v) is 5.98. The average Bonchev–Trinajstić information content (AvgIpc) is 3.26. The van der Waals surface area contributed by atoms with Crippen LogP contribution in [0.15, 0.2) is 66.3 Å². The number of nitrogens with zero attached hydrogens (tertiary/aromatic N) is 2. The second-order valence-electron chi connectivity index (χ2n) is 5.00. The summed E-state index contributed by atoms with van der Waals surface area (Å²) >= 11 is 1.61. The first-order valence-corrected chi connectivity index (χ1v) is 8.26. The molecule has 5 heteroatoms. The van der Waals surface area contributed by atoms with Crippen molar-refractivity contribution in [1.29, 1.82) is 0 Å². The first kappa shape index (κ1) is 15.2. The fourth-order valence-electron chi connectivity index (χ4n) is 2.16. The number of carbonyl (C=O) groups excluding carboxylic acids is 1. The third kappa shape index (κ3) is 4.40. The number of hydrogen-bond acceptors (Lipinski definition) is 3. The highest BCUT2D eigenvalue weighted by atomic mass is 32.1. The standard InChI is InChI=1S/C18H17N3OS/c22-18(9-8-17-7-4-12-23-17)19-10-11-21-14-16(13-20-21)15-5-2-1-3-6-15/h1-9,12-14H,10-11H2,(H,19,22). The number of benzene rings is 1. The van der Waals surface area contributed by atoms with E-state index in [1.54, 1.807) is 17.4 Å². The van der Waals surface area contributed by atoms with Gasteiger partial charge in [0.15, 0.2) is 0 Å². The van der Waals surface area contributed by atoms with Gasteiger partial charge in [-0.3, -0.25) is 9.48 Å². The summed E-state index contributed by atoms with van der Waals surface area (Å²) in [6, 6.07) is 14.1. The highest BCUT2D eigenvalue weighted by Crippen LogP contribution is 2.17. The Labute approximate surface area is 139 Å². The molecule has 0 bridgehead atoms. The van der Waals surface area contributed by atoms with Gasteiger partial charge >= 0.3 is 0 Å². The van der Waals surface area contributed by atoms with Crippen molar-refractivity contribution in [2.75, 3.05) is 6.54 Å². The zero-order valence-electron chi connectivity index (χ0n) is 12.6. The summed E-state index contributed by atoms with van der Waals surface area (Å²) in [5.41, 5.74) is 2.22. The van der Waals surface area contributed by atoms with Gasteiger partial charge in [-0.1, -0.05) is 36.4 Å². The largest absolute Gasteiger partial charge is 0.351 e. The van der Waals surface area contributed by atoms with E-state index in [1.165, 1.54) is 0 Å². The molecule has 0 radical (unpaired) electrons. The highest BCUT2D eigenvalue weighted by molar-refractivity contribution is 7.10. The maximum absolute atomic E-state index is 11.7. The summed E-state index contributed by atoms with van der Waals surface area (Å²) < 4.78 is 1.84. The number of rotatable bonds is 6. The molecule has 4 nitrogen and oxygen atoms in total. The van der Waals surface area contributed by atoms with E-state index in [9.17, 15) is 4.79 Å². The van der Waals surface area contributed by atoms with Crippen LogP contribution in [-0.2, 0) is 11.3 Å². The Morgan fingerprint density at radius 2 is 2.04 bits per heavy atom.